The molecule has 4 heteroatoms. The second kappa shape index (κ2) is 4.57. The molecule has 1 aromatic heterocycles. The van der Waals surface area contributed by atoms with E-state index in [9.17, 15) is 4.79 Å². The summed E-state index contributed by atoms with van der Waals surface area (Å²) in [7, 11) is 0. The highest BCUT2D eigenvalue weighted by atomic mass is 16.1. The average Bonchev–Trinajstić information content (AvgIpc) is 2.69. The fourth-order valence-corrected chi connectivity index (χ4v) is 2.15. The number of H-pyrrole nitrogens is 1. The predicted molar refractivity (Wildman–Crippen MR) is 58.8 cm³/mol. The van der Waals surface area contributed by atoms with E-state index in [1.807, 2.05) is 6.07 Å². The molecule has 4 nitrogen and oxygen atoms in total. The van der Waals surface area contributed by atoms with Crippen LogP contribution >= 0.6 is 0 Å². The van der Waals surface area contributed by atoms with Gasteiger partial charge in [0.15, 0.2) is 0 Å². The third-order valence-electron chi connectivity index (χ3n) is 3.05. The Morgan fingerprint density at radius 2 is 2.47 bits per heavy atom. The first kappa shape index (κ1) is 10.4. The molecule has 0 bridgehead atoms. The molecule has 1 aromatic rings. The summed E-state index contributed by atoms with van der Waals surface area (Å²) in [5.74, 6) is 0.698. The van der Waals surface area contributed by atoms with Crippen LogP contribution in [-0.4, -0.2) is 34.7 Å². The molecule has 0 radical (unpaired) electrons. The number of rotatable bonds is 3. The van der Waals surface area contributed by atoms with E-state index in [1.54, 1.807) is 6.07 Å². The fourth-order valence-electron chi connectivity index (χ4n) is 2.15. The van der Waals surface area contributed by atoms with Crippen LogP contribution in [-0.2, 0) is 6.42 Å². The van der Waals surface area contributed by atoms with Gasteiger partial charge >= 0.3 is 0 Å². The second-order valence-electron chi connectivity index (χ2n) is 4.16. The first-order valence-electron chi connectivity index (χ1n) is 5.55. The molecule has 0 aromatic carbocycles. The zero-order valence-corrected chi connectivity index (χ0v) is 9.07. The van der Waals surface area contributed by atoms with Crippen LogP contribution in [0.5, 0.6) is 0 Å². The van der Waals surface area contributed by atoms with Crippen molar-refractivity contribution in [2.24, 2.45) is 5.92 Å². The SMILES string of the molecule is CCN1CCC(Cc2ccc(=O)[nH]n2)C1. The van der Waals surface area contributed by atoms with Gasteiger partial charge in [0.1, 0.15) is 0 Å². The maximum Gasteiger partial charge on any atom is 0.264 e. The molecular formula is C11H17N3O. The van der Waals surface area contributed by atoms with E-state index in [0.717, 1.165) is 25.2 Å². The summed E-state index contributed by atoms with van der Waals surface area (Å²) in [6, 6.07) is 3.38. The van der Waals surface area contributed by atoms with Gasteiger partial charge in [0.25, 0.3) is 5.56 Å². The molecule has 1 unspecified atom stereocenters. The Balaban J connectivity index is 1.92. The normalized spacial score (nSPS) is 22.1. The van der Waals surface area contributed by atoms with Gasteiger partial charge < -0.3 is 4.90 Å². The van der Waals surface area contributed by atoms with Crippen molar-refractivity contribution >= 4 is 0 Å². The topological polar surface area (TPSA) is 49.0 Å². The summed E-state index contributed by atoms with van der Waals surface area (Å²) in [5, 5.41) is 6.52. The number of aromatic amines is 1. The lowest BCUT2D eigenvalue weighted by molar-refractivity contribution is 0.341. The number of aromatic nitrogens is 2. The molecule has 1 aliphatic rings. The maximum atomic E-state index is 10.8. The third kappa shape index (κ3) is 2.65. The first-order chi connectivity index (χ1) is 7.28. The number of likely N-dealkylation sites (tertiary alicyclic amines) is 1. The zero-order valence-electron chi connectivity index (χ0n) is 9.07. The highest BCUT2D eigenvalue weighted by Gasteiger charge is 2.21. The van der Waals surface area contributed by atoms with Gasteiger partial charge in [-0.05, 0) is 37.9 Å². The van der Waals surface area contributed by atoms with Gasteiger partial charge in [-0.25, -0.2) is 5.10 Å². The zero-order chi connectivity index (χ0) is 10.7. The monoisotopic (exact) mass is 207 g/mol. The molecule has 1 atom stereocenters. The van der Waals surface area contributed by atoms with Crippen molar-refractivity contribution in [1.29, 1.82) is 0 Å². The van der Waals surface area contributed by atoms with Gasteiger partial charge in [-0.1, -0.05) is 6.92 Å². The minimum atomic E-state index is -0.125. The molecule has 2 rings (SSSR count). The number of nitrogens with zero attached hydrogens (tertiary/aromatic N) is 2. The van der Waals surface area contributed by atoms with Crippen molar-refractivity contribution in [3.05, 3.63) is 28.2 Å². The summed E-state index contributed by atoms with van der Waals surface area (Å²) in [4.78, 5) is 13.3. The Kier molecular flexibility index (Phi) is 3.16. The Morgan fingerprint density at radius 3 is 3.07 bits per heavy atom. The average molecular weight is 207 g/mol. The Hall–Kier alpha value is -1.16. The highest BCUT2D eigenvalue weighted by Crippen LogP contribution is 2.18. The summed E-state index contributed by atoms with van der Waals surface area (Å²) in [6.45, 7) is 5.69. The van der Waals surface area contributed by atoms with Crippen LogP contribution in [0.4, 0.5) is 0 Å². The van der Waals surface area contributed by atoms with Gasteiger partial charge in [0.05, 0.1) is 5.69 Å². The van der Waals surface area contributed by atoms with Gasteiger partial charge in [0, 0.05) is 12.6 Å². The highest BCUT2D eigenvalue weighted by molar-refractivity contribution is 5.01. The van der Waals surface area contributed by atoms with Crippen molar-refractivity contribution in [3.8, 4) is 0 Å². The Labute approximate surface area is 89.3 Å². The number of hydrogen-bond donors (Lipinski definition) is 1. The maximum absolute atomic E-state index is 10.8. The van der Waals surface area contributed by atoms with Crippen LogP contribution in [0, 0.1) is 5.92 Å². The predicted octanol–water partition coefficient (Wildman–Crippen LogP) is 0.654. The van der Waals surface area contributed by atoms with Gasteiger partial charge in [-0.2, -0.15) is 5.10 Å². The first-order valence-corrected chi connectivity index (χ1v) is 5.55. The van der Waals surface area contributed by atoms with Crippen molar-refractivity contribution < 1.29 is 0 Å². The van der Waals surface area contributed by atoms with Gasteiger partial charge in [-0.3, -0.25) is 4.79 Å². The van der Waals surface area contributed by atoms with Crippen LogP contribution in [0.3, 0.4) is 0 Å². The molecule has 1 saturated heterocycles. The van der Waals surface area contributed by atoms with Crippen molar-refractivity contribution in [3.63, 3.8) is 0 Å². The van der Waals surface area contributed by atoms with E-state index in [1.165, 1.54) is 13.0 Å². The standard InChI is InChI=1S/C11H17N3O/c1-2-14-6-5-9(8-14)7-10-3-4-11(15)13-12-10/h3-4,9H,2,5-8H2,1H3,(H,13,15). The lowest BCUT2D eigenvalue weighted by atomic mass is 10.0. The lowest BCUT2D eigenvalue weighted by Gasteiger charge is -2.12. The molecule has 1 fully saturated rings. The minimum Gasteiger partial charge on any atom is -0.303 e. The Bertz CT molecular complexity index is 354. The van der Waals surface area contributed by atoms with Gasteiger partial charge in [-0.15, -0.1) is 0 Å². The van der Waals surface area contributed by atoms with Crippen LogP contribution in [0.1, 0.15) is 19.0 Å². The molecule has 0 aliphatic carbocycles. The molecule has 0 amide bonds. The lowest BCUT2D eigenvalue weighted by Crippen LogP contribution is -2.20. The molecule has 1 aliphatic heterocycles. The Morgan fingerprint density at radius 1 is 1.60 bits per heavy atom. The number of nitrogens with one attached hydrogen (secondary N) is 1. The quantitative estimate of drug-likeness (QED) is 0.792. The fraction of sp³-hybridized carbons (Fsp3) is 0.636. The van der Waals surface area contributed by atoms with E-state index in [2.05, 4.69) is 22.0 Å². The molecule has 2 heterocycles. The third-order valence-corrected chi connectivity index (χ3v) is 3.05. The number of hydrogen-bond acceptors (Lipinski definition) is 3. The largest absolute Gasteiger partial charge is 0.303 e. The molecule has 15 heavy (non-hydrogen) atoms. The molecule has 82 valence electrons. The summed E-state index contributed by atoms with van der Waals surface area (Å²) in [6.07, 6.45) is 2.22. The minimum absolute atomic E-state index is 0.125. The molecule has 0 saturated carbocycles. The summed E-state index contributed by atoms with van der Waals surface area (Å²) < 4.78 is 0. The smallest absolute Gasteiger partial charge is 0.264 e. The van der Waals surface area contributed by atoms with E-state index in [0.29, 0.717) is 5.92 Å². The molecule has 0 spiro atoms. The van der Waals surface area contributed by atoms with Crippen LogP contribution in [0.2, 0.25) is 0 Å². The van der Waals surface area contributed by atoms with Gasteiger partial charge in [0.2, 0.25) is 0 Å². The summed E-state index contributed by atoms with van der Waals surface area (Å²) in [5.41, 5.74) is 0.873. The molecule has 1 N–H and O–H groups in total. The van der Waals surface area contributed by atoms with Crippen LogP contribution in [0.25, 0.3) is 0 Å². The van der Waals surface area contributed by atoms with E-state index >= 15 is 0 Å². The second-order valence-corrected chi connectivity index (χ2v) is 4.16. The molecular weight excluding hydrogens is 190 g/mol. The van der Waals surface area contributed by atoms with Crippen molar-refractivity contribution in [2.45, 2.75) is 19.8 Å². The van der Waals surface area contributed by atoms with E-state index in [-0.39, 0.29) is 5.56 Å². The van der Waals surface area contributed by atoms with Crippen molar-refractivity contribution in [2.75, 3.05) is 19.6 Å². The van der Waals surface area contributed by atoms with E-state index < -0.39 is 0 Å². The summed E-state index contributed by atoms with van der Waals surface area (Å²) >= 11 is 0. The van der Waals surface area contributed by atoms with Crippen LogP contribution < -0.4 is 5.56 Å². The van der Waals surface area contributed by atoms with Crippen LogP contribution in [0.15, 0.2) is 16.9 Å². The van der Waals surface area contributed by atoms with Crippen molar-refractivity contribution in [1.82, 2.24) is 15.1 Å². The van der Waals surface area contributed by atoms with E-state index in [4.69, 9.17) is 0 Å².